The smallest absolute Gasteiger partial charge is 0.0408 e. The summed E-state index contributed by atoms with van der Waals surface area (Å²) < 4.78 is 62.4. The second kappa shape index (κ2) is 14.5. The maximum absolute atomic E-state index is 8.90. The van der Waals surface area contributed by atoms with Crippen LogP contribution in [0, 0.1) is 19.1 Å². The summed E-state index contributed by atoms with van der Waals surface area (Å²) in [6, 6.07) is 30.5. The van der Waals surface area contributed by atoms with Crippen LogP contribution in [0.3, 0.4) is 0 Å². The van der Waals surface area contributed by atoms with Crippen molar-refractivity contribution in [3.8, 4) is 0 Å². The highest BCUT2D eigenvalue weighted by Crippen LogP contribution is 2.42. The third kappa shape index (κ3) is 8.35. The zero-order valence-corrected chi connectivity index (χ0v) is 27.0. The minimum absolute atomic E-state index is 0.353. The van der Waals surface area contributed by atoms with Crippen LogP contribution >= 0.6 is 0 Å². The molecule has 2 nitrogen and oxygen atoms in total. The number of benzene rings is 4. The van der Waals surface area contributed by atoms with Crippen molar-refractivity contribution in [1.29, 1.82) is 0 Å². The molecule has 0 radical (unpaired) electrons. The first-order valence-electron chi connectivity index (χ1n) is 20.2. The van der Waals surface area contributed by atoms with Gasteiger partial charge >= 0.3 is 0 Å². The van der Waals surface area contributed by atoms with E-state index in [9.17, 15) is 0 Å². The van der Waals surface area contributed by atoms with E-state index in [4.69, 9.17) is 11.0 Å². The summed E-state index contributed by atoms with van der Waals surface area (Å²) in [4.78, 5) is 4.07. The highest BCUT2D eigenvalue weighted by Gasteiger charge is 2.27. The average Bonchev–Trinajstić information content (AvgIpc) is 3.12. The van der Waals surface area contributed by atoms with Crippen molar-refractivity contribution in [2.24, 2.45) is 5.41 Å². The van der Waals surface area contributed by atoms with Crippen LogP contribution in [-0.4, -0.2) is 14.1 Å². The van der Waals surface area contributed by atoms with Crippen molar-refractivity contribution >= 4 is 22.7 Å². The first-order valence-corrected chi connectivity index (χ1v) is 16.2. The third-order valence-electron chi connectivity index (χ3n) is 9.50. The number of hydrogen-bond donors (Lipinski definition) is 0. The molecule has 0 unspecified atom stereocenters. The minimum Gasteiger partial charge on any atom is -0.345 e. The Bertz CT molecular complexity index is 1730. The van der Waals surface area contributed by atoms with Gasteiger partial charge in [0.25, 0.3) is 0 Å². The molecule has 44 heavy (non-hydrogen) atoms. The van der Waals surface area contributed by atoms with E-state index in [0.29, 0.717) is 16.5 Å². The number of anilines is 4. The van der Waals surface area contributed by atoms with Crippen molar-refractivity contribution in [2.45, 2.75) is 97.1 Å². The van der Waals surface area contributed by atoms with Crippen molar-refractivity contribution in [3.63, 3.8) is 0 Å². The molecule has 0 amide bonds. The fourth-order valence-electron chi connectivity index (χ4n) is 6.29. The molecule has 2 heteroatoms. The van der Waals surface area contributed by atoms with E-state index in [2.05, 4.69) is 62.4 Å². The highest BCUT2D eigenvalue weighted by atomic mass is 15.1. The van der Waals surface area contributed by atoms with Gasteiger partial charge in [0.2, 0.25) is 0 Å². The first kappa shape index (κ1) is 22.9. The Balaban J connectivity index is 0.000000202. The fourth-order valence-corrected chi connectivity index (χ4v) is 6.29. The molecule has 0 spiro atoms. The zero-order chi connectivity index (χ0) is 38.0. The van der Waals surface area contributed by atoms with Gasteiger partial charge in [0.1, 0.15) is 0 Å². The van der Waals surface area contributed by atoms with Gasteiger partial charge in [-0.25, -0.2) is 0 Å². The van der Waals surface area contributed by atoms with Crippen molar-refractivity contribution in [2.75, 3.05) is 23.9 Å². The molecule has 2 aliphatic carbocycles. The van der Waals surface area contributed by atoms with E-state index >= 15 is 0 Å². The van der Waals surface area contributed by atoms with Crippen molar-refractivity contribution in [1.82, 2.24) is 0 Å². The fraction of sp³-hybridized carbons (Fsp3) is 0.429. The summed E-state index contributed by atoms with van der Waals surface area (Å²) >= 11 is 0. The normalized spacial score (nSPS) is 21.6. The van der Waals surface area contributed by atoms with Crippen LogP contribution < -0.4 is 9.80 Å². The molecule has 4 aromatic rings. The number of nitrogens with zero attached hydrogens (tertiary/aromatic N) is 2. The lowest BCUT2D eigenvalue weighted by molar-refractivity contribution is 0.224. The number of rotatable bonds is 6. The summed E-state index contributed by atoms with van der Waals surface area (Å²) in [5, 5.41) is 0. The second-order valence-corrected chi connectivity index (χ2v) is 13.2. The molecule has 0 N–H and O–H groups in total. The van der Waals surface area contributed by atoms with Gasteiger partial charge in [0.05, 0.1) is 0 Å². The van der Waals surface area contributed by atoms with Crippen molar-refractivity contribution in [3.05, 3.63) is 119 Å². The van der Waals surface area contributed by atoms with Gasteiger partial charge in [-0.15, -0.1) is 0 Å². The van der Waals surface area contributed by atoms with E-state index in [0.717, 1.165) is 85.2 Å². The van der Waals surface area contributed by atoms with Gasteiger partial charge in [0.15, 0.2) is 0 Å². The Kier molecular flexibility index (Phi) is 7.55. The number of hydrogen-bond acceptors (Lipinski definition) is 2. The molecule has 0 bridgehead atoms. The van der Waals surface area contributed by atoms with E-state index in [1.54, 1.807) is 24.3 Å². The quantitative estimate of drug-likeness (QED) is 0.219. The van der Waals surface area contributed by atoms with E-state index < -0.39 is 25.5 Å². The monoisotopic (exact) mass is 594 g/mol. The number of aryl methyl sites for hydroxylation is 2. The van der Waals surface area contributed by atoms with E-state index in [1.165, 1.54) is 6.42 Å². The van der Waals surface area contributed by atoms with E-state index in [1.807, 2.05) is 48.2 Å². The Morgan fingerprint density at radius 2 is 0.864 bits per heavy atom. The van der Waals surface area contributed by atoms with Crippen LogP contribution in [0.15, 0.2) is 97.1 Å². The summed E-state index contributed by atoms with van der Waals surface area (Å²) in [7, 11) is 3.94. The molecule has 0 aromatic heterocycles. The van der Waals surface area contributed by atoms with E-state index in [-0.39, 0.29) is 0 Å². The summed E-state index contributed by atoms with van der Waals surface area (Å²) in [6.45, 7) is 0.446. The van der Waals surface area contributed by atoms with Gasteiger partial charge in [-0.3, -0.25) is 0 Å². The molecule has 0 atom stereocenters. The van der Waals surface area contributed by atoms with Crippen LogP contribution in [-0.2, 0) is 0 Å². The highest BCUT2D eigenvalue weighted by molar-refractivity contribution is 5.64. The first-order chi connectivity index (χ1) is 24.3. The largest absolute Gasteiger partial charge is 0.345 e. The van der Waals surface area contributed by atoms with Crippen LogP contribution in [0.1, 0.15) is 117 Å². The summed E-state index contributed by atoms with van der Waals surface area (Å²) in [5.74, 6) is -0.912. The average molecular weight is 595 g/mol. The van der Waals surface area contributed by atoms with Crippen LogP contribution in [0.4, 0.5) is 22.7 Å². The standard InChI is InChI=1S/C22H29N.C20H25N/c1-17-5-9-20(10-6-17)23(4)21-11-7-18(8-12-21)19-13-15-22(2,3)16-14-19;1-16-8-12-19(13-9-16)21(2)20-14-10-18(11-15-20)17-6-4-3-5-7-17/h5-12,19H,13-16H2,1-4H3;8-15,17H,3-7H2,1-2H3/i1D3,19D;1D3,17D. The minimum atomic E-state index is -2.07. The van der Waals surface area contributed by atoms with Gasteiger partial charge in [-0.2, -0.15) is 0 Å². The lowest BCUT2D eigenvalue weighted by Crippen LogP contribution is -2.20. The maximum atomic E-state index is 8.90. The topological polar surface area (TPSA) is 6.48 Å². The van der Waals surface area contributed by atoms with Gasteiger partial charge < -0.3 is 9.80 Å². The second-order valence-electron chi connectivity index (χ2n) is 13.2. The SMILES string of the molecule is [2H]C([2H])([2H])c1ccc(N(C)c2ccc(C3([2H])CCC(C)(C)CC3)cc2)cc1.[2H]C([2H])([2H])c1ccc(N(C)c2ccc(C3([2H])CCCCC3)cc2)cc1. The van der Waals surface area contributed by atoms with Gasteiger partial charge in [-0.1, -0.05) is 92.8 Å². The van der Waals surface area contributed by atoms with Gasteiger partial charge in [0, 0.05) is 47.8 Å². The molecular formula is C42H54N2. The molecule has 2 fully saturated rings. The Morgan fingerprint density at radius 3 is 1.23 bits per heavy atom. The lowest BCUT2D eigenvalue weighted by Gasteiger charge is -2.34. The van der Waals surface area contributed by atoms with Crippen LogP contribution in [0.5, 0.6) is 0 Å². The third-order valence-corrected chi connectivity index (χ3v) is 9.50. The summed E-state index contributed by atoms with van der Waals surface area (Å²) in [6.07, 6.45) is 9.41. The van der Waals surface area contributed by atoms with Crippen LogP contribution in [0.2, 0.25) is 0 Å². The molecule has 4 aromatic carbocycles. The van der Waals surface area contributed by atoms with Crippen molar-refractivity contribution < 1.29 is 11.0 Å². The molecular weight excluding hydrogens is 532 g/mol. The maximum Gasteiger partial charge on any atom is 0.0408 e. The molecule has 2 aliphatic rings. The Hall–Kier alpha value is -3.52. The zero-order valence-electron chi connectivity index (χ0n) is 35.0. The molecule has 232 valence electrons. The molecule has 0 saturated heterocycles. The molecule has 0 heterocycles. The van der Waals surface area contributed by atoms with Gasteiger partial charge in [-0.05, 0) is 129 Å². The Morgan fingerprint density at radius 1 is 0.523 bits per heavy atom. The molecule has 6 rings (SSSR count). The van der Waals surface area contributed by atoms with Crippen LogP contribution in [0.25, 0.3) is 0 Å². The predicted molar refractivity (Wildman–Crippen MR) is 192 cm³/mol. The predicted octanol–water partition coefficient (Wildman–Crippen LogP) is 12.3. The summed E-state index contributed by atoms with van der Waals surface area (Å²) in [5.41, 5.74) is 7.19. The molecule has 2 saturated carbocycles. The Labute approximate surface area is 279 Å². The molecule has 0 aliphatic heterocycles. The lowest BCUT2D eigenvalue weighted by atomic mass is 9.71.